The number of terminal acetylenes is 1. The normalized spacial score (nSPS) is 11.5. The van der Waals surface area contributed by atoms with E-state index < -0.39 is 30.4 Å². The van der Waals surface area contributed by atoms with Gasteiger partial charge in [0.15, 0.2) is 0 Å². The van der Waals surface area contributed by atoms with Crippen molar-refractivity contribution >= 4 is 30.4 Å². The van der Waals surface area contributed by atoms with Crippen molar-refractivity contribution < 1.29 is 15.7 Å². The Morgan fingerprint density at radius 1 is 0.857 bits per heavy atom. The third kappa shape index (κ3) is 4.73. The fourth-order valence-corrected chi connectivity index (χ4v) is 9.26. The van der Waals surface area contributed by atoms with Gasteiger partial charge >= 0.3 is 174 Å². The van der Waals surface area contributed by atoms with Crippen LogP contribution in [0.4, 0.5) is 0 Å². The zero-order valence-corrected chi connectivity index (χ0v) is 18.4. The molecule has 144 valence electrons. The standard InChI is InChI=1S/C22H19IO4S/c1-4-18-7-9-19(10-8-18)23(20-11-13-21(26-3)14-12-20)27-28(24,25)22-15-5-17(2)6-16-22/h1,5-16H,2-3H3. The molecule has 0 radical (unpaired) electrons. The Morgan fingerprint density at radius 2 is 1.39 bits per heavy atom. The Bertz CT molecular complexity index is 1080. The van der Waals surface area contributed by atoms with E-state index in [0.717, 1.165) is 18.3 Å². The van der Waals surface area contributed by atoms with Crippen LogP contribution in [0.1, 0.15) is 11.1 Å². The van der Waals surface area contributed by atoms with Gasteiger partial charge < -0.3 is 0 Å². The van der Waals surface area contributed by atoms with Gasteiger partial charge in [0.05, 0.1) is 0 Å². The van der Waals surface area contributed by atoms with E-state index in [4.69, 9.17) is 13.7 Å². The molecule has 3 rings (SSSR count). The van der Waals surface area contributed by atoms with Gasteiger partial charge in [0.1, 0.15) is 0 Å². The quantitative estimate of drug-likeness (QED) is 0.355. The molecular weight excluding hydrogens is 487 g/mol. The van der Waals surface area contributed by atoms with Crippen LogP contribution in [0.15, 0.2) is 77.7 Å². The molecule has 28 heavy (non-hydrogen) atoms. The summed E-state index contributed by atoms with van der Waals surface area (Å²) in [5.41, 5.74) is 1.71. The van der Waals surface area contributed by atoms with Gasteiger partial charge in [-0.1, -0.05) is 0 Å². The van der Waals surface area contributed by atoms with Crippen molar-refractivity contribution in [1.82, 2.24) is 0 Å². The molecule has 0 aliphatic heterocycles. The van der Waals surface area contributed by atoms with Gasteiger partial charge in [-0.05, 0) is 0 Å². The Balaban J connectivity index is 2.01. The molecule has 0 fully saturated rings. The van der Waals surface area contributed by atoms with Crippen molar-refractivity contribution in [2.75, 3.05) is 7.11 Å². The van der Waals surface area contributed by atoms with Gasteiger partial charge in [0.25, 0.3) is 0 Å². The minimum atomic E-state index is -3.91. The van der Waals surface area contributed by atoms with Crippen LogP contribution in [-0.2, 0) is 12.6 Å². The second-order valence-corrected chi connectivity index (χ2v) is 12.4. The average molecular weight is 506 g/mol. The second kappa shape index (κ2) is 8.78. The number of halogens is 1. The summed E-state index contributed by atoms with van der Waals surface area (Å²) >= 11 is -2.75. The number of methoxy groups -OCH3 is 1. The van der Waals surface area contributed by atoms with Crippen LogP contribution in [0, 0.1) is 26.4 Å². The Kier molecular flexibility index (Phi) is 6.39. The zero-order valence-electron chi connectivity index (χ0n) is 15.4. The first kappa shape index (κ1) is 20.4. The molecule has 0 aromatic heterocycles. The summed E-state index contributed by atoms with van der Waals surface area (Å²) in [5.74, 6) is 3.27. The van der Waals surface area contributed by atoms with Crippen LogP contribution in [0.3, 0.4) is 0 Å². The fraction of sp³-hybridized carbons (Fsp3) is 0.0909. The van der Waals surface area contributed by atoms with E-state index in [-0.39, 0.29) is 4.90 Å². The first-order valence-corrected chi connectivity index (χ1v) is 12.8. The van der Waals surface area contributed by atoms with Gasteiger partial charge in [-0.3, -0.25) is 0 Å². The summed E-state index contributed by atoms with van der Waals surface area (Å²) < 4.78 is 38.5. The molecule has 0 aliphatic rings. The van der Waals surface area contributed by atoms with Crippen molar-refractivity contribution in [3.8, 4) is 18.1 Å². The predicted molar refractivity (Wildman–Crippen MR) is 118 cm³/mol. The van der Waals surface area contributed by atoms with Gasteiger partial charge in [-0.15, -0.1) is 0 Å². The van der Waals surface area contributed by atoms with Crippen molar-refractivity contribution in [2.24, 2.45) is 0 Å². The minimum absolute atomic E-state index is 0.147. The summed E-state index contributed by atoms with van der Waals surface area (Å²) in [4.78, 5) is 0.147. The predicted octanol–water partition coefficient (Wildman–Crippen LogP) is 4.85. The Labute approximate surface area is 173 Å². The van der Waals surface area contributed by atoms with Crippen LogP contribution < -0.4 is 4.74 Å². The van der Waals surface area contributed by atoms with E-state index >= 15 is 0 Å². The number of hydrogen-bond acceptors (Lipinski definition) is 4. The van der Waals surface area contributed by atoms with Crippen LogP contribution in [-0.4, -0.2) is 15.5 Å². The van der Waals surface area contributed by atoms with Crippen molar-refractivity contribution in [2.45, 2.75) is 11.8 Å². The number of ether oxygens (including phenoxy) is 1. The van der Waals surface area contributed by atoms with Gasteiger partial charge in [0.2, 0.25) is 0 Å². The Morgan fingerprint density at radius 3 is 1.89 bits per heavy atom. The van der Waals surface area contributed by atoms with Crippen LogP contribution in [0.5, 0.6) is 5.75 Å². The van der Waals surface area contributed by atoms with Gasteiger partial charge in [0, 0.05) is 0 Å². The summed E-state index contributed by atoms with van der Waals surface area (Å²) in [5, 5.41) is 0. The van der Waals surface area contributed by atoms with E-state index in [9.17, 15) is 8.42 Å². The SMILES string of the molecule is C#Cc1ccc(I(OS(=O)(=O)c2ccc(C)cc2)c2ccc(OC)cc2)cc1. The molecule has 0 aliphatic carbocycles. The van der Waals surface area contributed by atoms with Crippen LogP contribution >= 0.6 is 20.2 Å². The Hall–Kier alpha value is -2.34. The molecule has 6 heteroatoms. The van der Waals surface area contributed by atoms with Crippen LogP contribution in [0.25, 0.3) is 0 Å². The van der Waals surface area contributed by atoms with E-state index in [1.54, 1.807) is 55.6 Å². The maximum absolute atomic E-state index is 12.9. The molecule has 0 atom stereocenters. The van der Waals surface area contributed by atoms with Crippen molar-refractivity contribution in [3.05, 3.63) is 91.1 Å². The summed E-state index contributed by atoms with van der Waals surface area (Å²) in [7, 11) is -2.32. The molecule has 3 aromatic rings. The third-order valence-corrected chi connectivity index (χ3v) is 11.3. The summed E-state index contributed by atoms with van der Waals surface area (Å²) in [6.45, 7) is 1.90. The molecule has 0 amide bonds. The van der Waals surface area contributed by atoms with Crippen molar-refractivity contribution in [1.29, 1.82) is 0 Å². The van der Waals surface area contributed by atoms with E-state index in [2.05, 4.69) is 5.92 Å². The number of hydrogen-bond donors (Lipinski definition) is 0. The molecule has 0 heterocycles. The molecular formula is C22H19IO4S. The van der Waals surface area contributed by atoms with Gasteiger partial charge in [-0.2, -0.15) is 0 Å². The maximum atomic E-state index is 12.9. The van der Waals surface area contributed by atoms with Crippen molar-refractivity contribution in [3.63, 3.8) is 0 Å². The molecule has 0 bridgehead atoms. The topological polar surface area (TPSA) is 52.6 Å². The molecule has 4 nitrogen and oxygen atoms in total. The van der Waals surface area contributed by atoms with Crippen LogP contribution in [0.2, 0.25) is 0 Å². The molecule has 0 saturated carbocycles. The molecule has 0 spiro atoms. The van der Waals surface area contributed by atoms with E-state index in [1.807, 2.05) is 31.2 Å². The third-order valence-electron chi connectivity index (χ3n) is 3.91. The molecule has 3 aromatic carbocycles. The summed E-state index contributed by atoms with van der Waals surface area (Å²) in [6.07, 6.45) is 5.43. The first-order valence-electron chi connectivity index (χ1n) is 8.35. The molecule has 0 N–H and O–H groups in total. The van der Waals surface area contributed by atoms with E-state index in [0.29, 0.717) is 5.75 Å². The van der Waals surface area contributed by atoms with E-state index in [1.165, 1.54) is 0 Å². The van der Waals surface area contributed by atoms with Gasteiger partial charge in [-0.25, -0.2) is 0 Å². The summed E-state index contributed by atoms with van der Waals surface area (Å²) in [6, 6.07) is 21.2. The number of rotatable bonds is 6. The zero-order chi connectivity index (χ0) is 20.1. The number of aryl methyl sites for hydroxylation is 1. The molecule has 0 unspecified atom stereocenters. The monoisotopic (exact) mass is 506 g/mol. The fourth-order valence-electron chi connectivity index (χ4n) is 2.37. The first-order chi connectivity index (χ1) is 13.4. The second-order valence-electron chi connectivity index (χ2n) is 5.89. The molecule has 0 saturated heterocycles. The number of benzene rings is 3. The average Bonchev–Trinajstić information content (AvgIpc) is 2.72.